The van der Waals surface area contributed by atoms with Crippen LogP contribution < -0.4 is 16.2 Å². The lowest BCUT2D eigenvalue weighted by atomic mass is 9.92. The van der Waals surface area contributed by atoms with Crippen LogP contribution >= 0.6 is 11.8 Å². The summed E-state index contributed by atoms with van der Waals surface area (Å²) in [5.41, 5.74) is 2.50. The molecular formula is C25H27FN6O3S. The van der Waals surface area contributed by atoms with Crippen LogP contribution in [0.15, 0.2) is 40.2 Å². The van der Waals surface area contributed by atoms with Crippen molar-refractivity contribution in [2.75, 3.05) is 37.2 Å². The fourth-order valence-corrected chi connectivity index (χ4v) is 6.31. The predicted molar refractivity (Wildman–Crippen MR) is 135 cm³/mol. The average molecular weight is 511 g/mol. The number of aliphatic hydroxyl groups is 1. The molecule has 1 unspecified atom stereocenters. The number of piperidine rings is 1. The molecule has 6 rings (SSSR count). The molecule has 1 fully saturated rings. The van der Waals surface area contributed by atoms with E-state index in [2.05, 4.69) is 25.5 Å². The van der Waals surface area contributed by atoms with Gasteiger partial charge in [0.1, 0.15) is 11.6 Å². The Morgan fingerprint density at radius 1 is 1.22 bits per heavy atom. The van der Waals surface area contributed by atoms with E-state index < -0.39 is 6.10 Å². The Hall–Kier alpha value is -2.86. The van der Waals surface area contributed by atoms with Crippen molar-refractivity contribution < 1.29 is 14.3 Å². The number of anilines is 1. The second kappa shape index (κ2) is 9.55. The number of nitrogens with one attached hydrogen (secondary N) is 2. The van der Waals surface area contributed by atoms with E-state index in [1.54, 1.807) is 10.6 Å². The molecule has 1 saturated heterocycles. The normalized spacial score (nSPS) is 23.6. The molecule has 3 aliphatic heterocycles. The van der Waals surface area contributed by atoms with Gasteiger partial charge in [-0.2, -0.15) is 0 Å². The standard InChI is InChI=1S/C25H27FN6O3S/c26-17-9-28-18-2-4-22(35)32-12-15(23(17)24(18)32)11-31-6-5-19(33)14(10-31)7-27-8-16-1-3-20-25(29-16)30-21(34)13-36-20/h1-4,9,14-15,19,27,33H,5-8,10-13H2,(H,29,30,34)/t14-,15?,19+/m0/s1. The Morgan fingerprint density at radius 2 is 2.11 bits per heavy atom. The Morgan fingerprint density at radius 3 is 3.00 bits per heavy atom. The highest BCUT2D eigenvalue weighted by Crippen LogP contribution is 2.35. The molecule has 3 aromatic heterocycles. The fourth-order valence-electron chi connectivity index (χ4n) is 5.56. The third-order valence-electron chi connectivity index (χ3n) is 7.30. The Labute approximate surface area is 211 Å². The molecule has 0 radical (unpaired) electrons. The summed E-state index contributed by atoms with van der Waals surface area (Å²) in [6.45, 7) is 3.59. The molecule has 0 aromatic carbocycles. The minimum atomic E-state index is -0.423. The van der Waals surface area contributed by atoms with Gasteiger partial charge in [0.05, 0.1) is 39.7 Å². The zero-order valence-corrected chi connectivity index (χ0v) is 20.4. The molecule has 6 heterocycles. The van der Waals surface area contributed by atoms with E-state index in [0.29, 0.717) is 67.3 Å². The van der Waals surface area contributed by atoms with Crippen molar-refractivity contribution in [2.45, 2.75) is 36.4 Å². The molecule has 1 amide bonds. The quantitative estimate of drug-likeness (QED) is 0.458. The van der Waals surface area contributed by atoms with Crippen LogP contribution in [0.3, 0.4) is 0 Å². The second-order valence-electron chi connectivity index (χ2n) is 9.73. The first-order valence-electron chi connectivity index (χ1n) is 12.2. The minimum absolute atomic E-state index is 0.0143. The van der Waals surface area contributed by atoms with Crippen LogP contribution in [0.1, 0.15) is 23.6 Å². The average Bonchev–Trinajstić information content (AvgIpc) is 3.25. The lowest BCUT2D eigenvalue weighted by Crippen LogP contribution is -2.48. The van der Waals surface area contributed by atoms with Gasteiger partial charge in [0, 0.05) is 62.7 Å². The SMILES string of the molecule is O=C1CSc2ccc(CNC[C@H]3CN(CC4Cn5c(=O)ccc6ncc(F)c4c65)CC[C@H]3O)nc2N1. The summed E-state index contributed by atoms with van der Waals surface area (Å²) in [4.78, 5) is 36.0. The van der Waals surface area contributed by atoms with E-state index in [4.69, 9.17) is 0 Å². The highest BCUT2D eigenvalue weighted by atomic mass is 32.2. The van der Waals surface area contributed by atoms with E-state index in [1.807, 2.05) is 12.1 Å². The van der Waals surface area contributed by atoms with Crippen LogP contribution in [-0.4, -0.2) is 68.5 Å². The maximum atomic E-state index is 14.8. The highest BCUT2D eigenvalue weighted by molar-refractivity contribution is 8.00. The Kier molecular flexibility index (Phi) is 6.24. The number of aliphatic hydroxyl groups excluding tert-OH is 1. The Bertz CT molecular complexity index is 1400. The van der Waals surface area contributed by atoms with Gasteiger partial charge in [-0.15, -0.1) is 11.8 Å². The predicted octanol–water partition coefficient (Wildman–Crippen LogP) is 1.54. The number of halogens is 1. The first-order valence-corrected chi connectivity index (χ1v) is 13.2. The lowest BCUT2D eigenvalue weighted by Gasteiger charge is -2.37. The van der Waals surface area contributed by atoms with Crippen molar-refractivity contribution in [1.82, 2.24) is 24.8 Å². The number of thioether (sulfide) groups is 1. The molecule has 3 aliphatic rings. The molecular weight excluding hydrogens is 483 g/mol. The van der Waals surface area contributed by atoms with Crippen LogP contribution in [0.25, 0.3) is 11.0 Å². The number of carbonyl (C=O) groups excluding carboxylic acids is 1. The number of hydrogen-bond donors (Lipinski definition) is 3. The molecule has 188 valence electrons. The van der Waals surface area contributed by atoms with Crippen molar-refractivity contribution in [1.29, 1.82) is 0 Å². The van der Waals surface area contributed by atoms with Crippen molar-refractivity contribution in [3.63, 3.8) is 0 Å². The zero-order chi connectivity index (χ0) is 24.8. The molecule has 0 saturated carbocycles. The smallest absolute Gasteiger partial charge is 0.251 e. The van der Waals surface area contributed by atoms with E-state index >= 15 is 0 Å². The third kappa shape index (κ3) is 4.40. The van der Waals surface area contributed by atoms with E-state index in [9.17, 15) is 19.1 Å². The van der Waals surface area contributed by atoms with Gasteiger partial charge in [-0.3, -0.25) is 14.6 Å². The number of amides is 1. The van der Waals surface area contributed by atoms with Crippen molar-refractivity contribution >= 4 is 34.5 Å². The number of likely N-dealkylation sites (tertiary alicyclic amines) is 1. The number of hydrogen-bond acceptors (Lipinski definition) is 8. The molecule has 3 aromatic rings. The summed E-state index contributed by atoms with van der Waals surface area (Å²) in [7, 11) is 0. The van der Waals surface area contributed by atoms with Crippen LogP contribution in [0.4, 0.5) is 10.2 Å². The molecule has 9 nitrogen and oxygen atoms in total. The summed E-state index contributed by atoms with van der Waals surface area (Å²) in [6.07, 6.45) is 1.46. The van der Waals surface area contributed by atoms with Crippen LogP contribution in [0.5, 0.6) is 0 Å². The van der Waals surface area contributed by atoms with Gasteiger partial charge in [0.2, 0.25) is 5.91 Å². The summed E-state index contributed by atoms with van der Waals surface area (Å²) >= 11 is 1.48. The first kappa shape index (κ1) is 23.5. The van der Waals surface area contributed by atoms with Crippen molar-refractivity contribution in [3.05, 3.63) is 57.9 Å². The third-order valence-corrected chi connectivity index (χ3v) is 8.35. The Balaban J connectivity index is 1.09. The molecule has 0 aliphatic carbocycles. The van der Waals surface area contributed by atoms with Gasteiger partial charge >= 0.3 is 0 Å². The number of rotatable bonds is 6. The van der Waals surface area contributed by atoms with Gasteiger partial charge in [-0.05, 0) is 24.6 Å². The molecule has 0 bridgehead atoms. The number of fused-ring (bicyclic) bond motifs is 1. The van der Waals surface area contributed by atoms with Crippen LogP contribution in [0.2, 0.25) is 0 Å². The van der Waals surface area contributed by atoms with Crippen molar-refractivity contribution in [3.8, 4) is 0 Å². The van der Waals surface area contributed by atoms with Crippen LogP contribution in [0, 0.1) is 11.7 Å². The lowest BCUT2D eigenvalue weighted by molar-refractivity contribution is -0.113. The minimum Gasteiger partial charge on any atom is -0.393 e. The highest BCUT2D eigenvalue weighted by Gasteiger charge is 2.34. The zero-order valence-electron chi connectivity index (χ0n) is 19.6. The van der Waals surface area contributed by atoms with Gasteiger partial charge in [0.15, 0.2) is 0 Å². The van der Waals surface area contributed by atoms with E-state index in [0.717, 1.165) is 17.1 Å². The van der Waals surface area contributed by atoms with E-state index in [1.165, 1.54) is 24.0 Å². The molecule has 3 atom stereocenters. The maximum absolute atomic E-state index is 14.8. The van der Waals surface area contributed by atoms with E-state index in [-0.39, 0.29) is 29.1 Å². The number of carbonyl (C=O) groups is 1. The van der Waals surface area contributed by atoms with Crippen LogP contribution in [-0.2, 0) is 17.9 Å². The van der Waals surface area contributed by atoms with Gasteiger partial charge in [-0.1, -0.05) is 0 Å². The van der Waals surface area contributed by atoms with Gasteiger partial charge in [-0.25, -0.2) is 9.37 Å². The number of pyridine rings is 3. The molecule has 11 heteroatoms. The topological polar surface area (TPSA) is 112 Å². The fraction of sp³-hybridized carbons (Fsp3) is 0.440. The number of nitrogens with zero attached hydrogens (tertiary/aromatic N) is 4. The second-order valence-corrected chi connectivity index (χ2v) is 10.7. The summed E-state index contributed by atoms with van der Waals surface area (Å²) in [6, 6.07) is 7.07. The summed E-state index contributed by atoms with van der Waals surface area (Å²) < 4.78 is 16.4. The van der Waals surface area contributed by atoms with Gasteiger partial charge in [0.25, 0.3) is 5.56 Å². The first-order chi connectivity index (χ1) is 17.5. The monoisotopic (exact) mass is 510 g/mol. The number of aromatic nitrogens is 3. The summed E-state index contributed by atoms with van der Waals surface area (Å²) in [5, 5.41) is 16.8. The largest absolute Gasteiger partial charge is 0.393 e. The molecule has 36 heavy (non-hydrogen) atoms. The molecule has 3 N–H and O–H groups in total. The van der Waals surface area contributed by atoms with Gasteiger partial charge < -0.3 is 25.2 Å². The molecule has 0 spiro atoms. The maximum Gasteiger partial charge on any atom is 0.251 e. The summed E-state index contributed by atoms with van der Waals surface area (Å²) in [5.74, 6) is 0.478. The van der Waals surface area contributed by atoms with Crippen molar-refractivity contribution in [2.24, 2.45) is 5.92 Å².